The van der Waals surface area contributed by atoms with Crippen molar-refractivity contribution in [3.05, 3.63) is 82.6 Å². The predicted molar refractivity (Wildman–Crippen MR) is 127 cm³/mol. The maximum absolute atomic E-state index is 13.5. The van der Waals surface area contributed by atoms with Crippen molar-refractivity contribution in [3.63, 3.8) is 0 Å². The third-order valence-electron chi connectivity index (χ3n) is 6.37. The smallest absolute Gasteiger partial charge is 0.289 e. The van der Waals surface area contributed by atoms with Gasteiger partial charge in [0, 0.05) is 11.2 Å². The molecule has 33 heavy (non-hydrogen) atoms. The third kappa shape index (κ3) is 4.23. The number of aromatic nitrogens is 2. The number of amides is 1. The lowest BCUT2D eigenvalue weighted by Crippen LogP contribution is -2.52. The SMILES string of the molecule is COc1cc(/C=C2\OC[C@H]3CCC[C@@H](c4ccc(Cl)cc4)N3C2=O)ccc1-n1cnc(C)c1. The van der Waals surface area contributed by atoms with Gasteiger partial charge in [0.2, 0.25) is 0 Å². The van der Waals surface area contributed by atoms with Gasteiger partial charge in [0.05, 0.1) is 36.9 Å². The summed E-state index contributed by atoms with van der Waals surface area (Å²) in [6, 6.07) is 13.7. The minimum atomic E-state index is -0.0702. The Balaban J connectivity index is 1.44. The van der Waals surface area contributed by atoms with Gasteiger partial charge in [-0.15, -0.1) is 0 Å². The molecular weight excluding hydrogens is 438 g/mol. The number of benzene rings is 2. The number of nitrogens with zero attached hydrogens (tertiary/aromatic N) is 3. The van der Waals surface area contributed by atoms with Gasteiger partial charge in [0.1, 0.15) is 12.4 Å². The predicted octanol–water partition coefficient (Wildman–Crippen LogP) is 5.34. The van der Waals surface area contributed by atoms with Crippen LogP contribution in [0.2, 0.25) is 5.02 Å². The van der Waals surface area contributed by atoms with Crippen LogP contribution >= 0.6 is 11.6 Å². The van der Waals surface area contributed by atoms with Crippen LogP contribution in [0, 0.1) is 6.92 Å². The van der Waals surface area contributed by atoms with Crippen LogP contribution in [0.25, 0.3) is 11.8 Å². The first-order chi connectivity index (χ1) is 16.0. The van der Waals surface area contributed by atoms with Crippen molar-refractivity contribution in [2.24, 2.45) is 0 Å². The number of morpholine rings is 1. The molecule has 2 aliphatic heterocycles. The molecule has 2 saturated heterocycles. The van der Waals surface area contributed by atoms with Gasteiger partial charge in [0.25, 0.3) is 5.91 Å². The number of halogens is 1. The zero-order chi connectivity index (χ0) is 22.9. The summed E-state index contributed by atoms with van der Waals surface area (Å²) < 4.78 is 13.5. The second kappa shape index (κ2) is 8.94. The van der Waals surface area contributed by atoms with E-state index in [-0.39, 0.29) is 18.0 Å². The molecule has 1 amide bonds. The highest BCUT2D eigenvalue weighted by Gasteiger charge is 2.40. The number of piperidine rings is 1. The molecule has 0 spiro atoms. The van der Waals surface area contributed by atoms with Gasteiger partial charge < -0.3 is 18.9 Å². The van der Waals surface area contributed by atoms with Crippen LogP contribution in [-0.4, -0.2) is 40.1 Å². The molecule has 0 saturated carbocycles. The molecule has 7 heteroatoms. The number of carbonyl (C=O) groups is 1. The molecule has 170 valence electrons. The summed E-state index contributed by atoms with van der Waals surface area (Å²) in [5, 5.41) is 0.697. The van der Waals surface area contributed by atoms with E-state index in [1.165, 1.54) is 0 Å². The number of aryl methyl sites for hydroxylation is 1. The topological polar surface area (TPSA) is 56.6 Å². The molecule has 5 rings (SSSR count). The Hall–Kier alpha value is -3.25. The number of rotatable bonds is 4. The molecule has 0 aliphatic carbocycles. The Morgan fingerprint density at radius 1 is 1.18 bits per heavy atom. The minimum absolute atomic E-state index is 0.0298. The number of methoxy groups -OCH3 is 1. The third-order valence-corrected chi connectivity index (χ3v) is 6.62. The van der Waals surface area contributed by atoms with Crippen LogP contribution < -0.4 is 4.74 Å². The van der Waals surface area contributed by atoms with Gasteiger partial charge in [0.15, 0.2) is 5.76 Å². The maximum Gasteiger partial charge on any atom is 0.289 e. The van der Waals surface area contributed by atoms with Crippen molar-refractivity contribution in [2.75, 3.05) is 13.7 Å². The molecule has 0 N–H and O–H groups in total. The first-order valence-electron chi connectivity index (χ1n) is 11.1. The lowest BCUT2D eigenvalue weighted by Gasteiger charge is -2.45. The summed E-state index contributed by atoms with van der Waals surface area (Å²) in [6.45, 7) is 2.45. The van der Waals surface area contributed by atoms with E-state index in [0.717, 1.165) is 41.8 Å². The number of imidazole rings is 1. The normalized spacial score (nSPS) is 21.6. The maximum atomic E-state index is 13.5. The number of ether oxygens (including phenoxy) is 2. The van der Waals surface area contributed by atoms with Gasteiger partial charge in [-0.3, -0.25) is 4.79 Å². The summed E-state index contributed by atoms with van der Waals surface area (Å²) >= 11 is 6.08. The number of hydrogen-bond donors (Lipinski definition) is 0. The zero-order valence-electron chi connectivity index (χ0n) is 18.7. The Labute approximate surface area is 198 Å². The fourth-order valence-corrected chi connectivity index (χ4v) is 4.87. The van der Waals surface area contributed by atoms with Crippen LogP contribution in [0.5, 0.6) is 5.75 Å². The van der Waals surface area contributed by atoms with E-state index in [0.29, 0.717) is 23.1 Å². The lowest BCUT2D eigenvalue weighted by molar-refractivity contribution is -0.146. The Bertz CT molecular complexity index is 1200. The molecule has 0 unspecified atom stereocenters. The molecule has 6 nitrogen and oxygen atoms in total. The molecule has 0 radical (unpaired) electrons. The lowest BCUT2D eigenvalue weighted by atomic mass is 9.90. The second-order valence-corrected chi connectivity index (χ2v) is 8.97. The van der Waals surface area contributed by atoms with Crippen molar-refractivity contribution in [3.8, 4) is 11.4 Å². The fourth-order valence-electron chi connectivity index (χ4n) is 4.74. The van der Waals surface area contributed by atoms with Crippen LogP contribution in [-0.2, 0) is 9.53 Å². The van der Waals surface area contributed by atoms with Crippen molar-refractivity contribution in [2.45, 2.75) is 38.3 Å². The van der Waals surface area contributed by atoms with E-state index in [1.54, 1.807) is 19.5 Å². The van der Waals surface area contributed by atoms with E-state index < -0.39 is 0 Å². The van der Waals surface area contributed by atoms with Crippen molar-refractivity contribution < 1.29 is 14.3 Å². The van der Waals surface area contributed by atoms with Gasteiger partial charge in [-0.05, 0) is 67.7 Å². The van der Waals surface area contributed by atoms with E-state index in [2.05, 4.69) is 4.98 Å². The zero-order valence-corrected chi connectivity index (χ0v) is 19.5. The number of hydrogen-bond acceptors (Lipinski definition) is 4. The van der Waals surface area contributed by atoms with Crippen molar-refractivity contribution >= 4 is 23.6 Å². The highest BCUT2D eigenvalue weighted by Crippen LogP contribution is 2.39. The monoisotopic (exact) mass is 463 g/mol. The average molecular weight is 464 g/mol. The summed E-state index contributed by atoms with van der Waals surface area (Å²) in [5.41, 5.74) is 3.76. The van der Waals surface area contributed by atoms with Gasteiger partial charge in [-0.2, -0.15) is 0 Å². The quantitative estimate of drug-likeness (QED) is 0.490. The molecule has 2 atom stereocenters. The largest absolute Gasteiger partial charge is 0.495 e. The van der Waals surface area contributed by atoms with Gasteiger partial charge in [-0.25, -0.2) is 4.98 Å². The summed E-state index contributed by atoms with van der Waals surface area (Å²) in [6.07, 6.45) is 8.46. The second-order valence-electron chi connectivity index (χ2n) is 8.54. The van der Waals surface area contributed by atoms with Gasteiger partial charge in [-0.1, -0.05) is 29.8 Å². The fraction of sp³-hybridized carbons (Fsp3) is 0.308. The minimum Gasteiger partial charge on any atom is -0.495 e. The summed E-state index contributed by atoms with van der Waals surface area (Å²) in [4.78, 5) is 19.8. The average Bonchev–Trinajstić information content (AvgIpc) is 3.27. The van der Waals surface area contributed by atoms with E-state index >= 15 is 0 Å². The van der Waals surface area contributed by atoms with Crippen LogP contribution in [0.1, 0.15) is 42.1 Å². The highest BCUT2D eigenvalue weighted by molar-refractivity contribution is 6.30. The van der Waals surface area contributed by atoms with Gasteiger partial charge >= 0.3 is 0 Å². The molecule has 2 fully saturated rings. The van der Waals surface area contributed by atoms with Crippen molar-refractivity contribution in [1.82, 2.24) is 14.5 Å². The van der Waals surface area contributed by atoms with Crippen molar-refractivity contribution in [1.29, 1.82) is 0 Å². The molecule has 0 bridgehead atoms. The van der Waals surface area contributed by atoms with Crippen LogP contribution in [0.4, 0.5) is 0 Å². The molecule has 2 aromatic carbocycles. The molecule has 2 aliphatic rings. The van der Waals surface area contributed by atoms with Crippen LogP contribution in [0.3, 0.4) is 0 Å². The summed E-state index contributed by atoms with van der Waals surface area (Å²) in [7, 11) is 1.64. The highest BCUT2D eigenvalue weighted by atomic mass is 35.5. The molecular formula is C26H26ClN3O3. The standard InChI is InChI=1S/C26H26ClN3O3/c1-17-14-29(16-28-17)23-11-6-18(12-24(23)32-2)13-25-26(31)30-21(15-33-25)4-3-5-22(30)19-7-9-20(27)10-8-19/h6-14,16,21-22H,3-5,15H2,1-2H3/b25-13-/t21-,22+/m1/s1. The molecule has 1 aromatic heterocycles. The van der Waals surface area contributed by atoms with E-state index in [9.17, 15) is 4.79 Å². The number of fused-ring (bicyclic) bond motifs is 1. The Kier molecular flexibility index (Phi) is 5.85. The van der Waals surface area contributed by atoms with Crippen LogP contribution in [0.15, 0.2) is 60.7 Å². The number of carbonyl (C=O) groups excluding carboxylic acids is 1. The Morgan fingerprint density at radius 2 is 2.00 bits per heavy atom. The van der Waals surface area contributed by atoms with E-state index in [1.807, 2.05) is 65.1 Å². The Morgan fingerprint density at radius 3 is 2.73 bits per heavy atom. The summed E-state index contributed by atoms with van der Waals surface area (Å²) in [5.74, 6) is 0.986. The first kappa shape index (κ1) is 21.6. The van der Waals surface area contributed by atoms with E-state index in [4.69, 9.17) is 21.1 Å². The first-order valence-corrected chi connectivity index (χ1v) is 11.5. The molecule has 3 aromatic rings. The molecule has 3 heterocycles.